The van der Waals surface area contributed by atoms with Gasteiger partial charge in [-0.3, -0.25) is 0 Å². The predicted molar refractivity (Wildman–Crippen MR) is 121 cm³/mol. The Bertz CT molecular complexity index is 872. The quantitative estimate of drug-likeness (QED) is 0.508. The van der Waals surface area contributed by atoms with E-state index in [0.717, 1.165) is 17.1 Å². The second kappa shape index (κ2) is 8.69. The number of anilines is 4. The van der Waals surface area contributed by atoms with Gasteiger partial charge in [0.15, 0.2) is 5.11 Å². The van der Waals surface area contributed by atoms with Gasteiger partial charge in [0, 0.05) is 28.8 Å². The average Bonchev–Trinajstić information content (AvgIpc) is 2.66. The maximum Gasteiger partial charge on any atom is 0.175 e. The first-order valence-corrected chi connectivity index (χ1v) is 9.53. The van der Waals surface area contributed by atoms with E-state index in [4.69, 9.17) is 12.2 Å². The monoisotopic (exact) mass is 375 g/mol. The molecule has 0 aromatic heterocycles. The lowest BCUT2D eigenvalue weighted by molar-refractivity contribution is 0.789. The maximum absolute atomic E-state index is 5.42. The predicted octanol–water partition coefficient (Wildman–Crippen LogP) is 6.35. The normalized spacial score (nSPS) is 10.5. The zero-order valence-electron chi connectivity index (χ0n) is 15.9. The fourth-order valence-corrected chi connectivity index (χ4v) is 3.21. The Balaban J connectivity index is 1.69. The molecule has 138 valence electrons. The van der Waals surface area contributed by atoms with Crippen molar-refractivity contribution in [1.82, 2.24) is 0 Å². The van der Waals surface area contributed by atoms with Crippen LogP contribution in [0.5, 0.6) is 0 Å². The SMILES string of the molecule is Cc1ccc(NC(=S)Nc2ccc(N(c3ccccc3)C(C)C)cc2)cc1. The number of aryl methyl sites for hydroxylation is 1. The van der Waals surface area contributed by atoms with Crippen LogP contribution >= 0.6 is 12.2 Å². The minimum Gasteiger partial charge on any atom is -0.339 e. The van der Waals surface area contributed by atoms with Crippen LogP contribution in [0.1, 0.15) is 19.4 Å². The van der Waals surface area contributed by atoms with E-state index in [9.17, 15) is 0 Å². The lowest BCUT2D eigenvalue weighted by Gasteiger charge is -2.29. The lowest BCUT2D eigenvalue weighted by atomic mass is 10.2. The first kappa shape index (κ1) is 18.9. The van der Waals surface area contributed by atoms with Crippen LogP contribution in [0.25, 0.3) is 0 Å². The van der Waals surface area contributed by atoms with Crippen molar-refractivity contribution in [2.24, 2.45) is 0 Å². The van der Waals surface area contributed by atoms with Crippen LogP contribution in [0.2, 0.25) is 0 Å². The summed E-state index contributed by atoms with van der Waals surface area (Å²) in [6.45, 7) is 6.46. The molecule has 0 saturated carbocycles. The Hall–Kier alpha value is -2.85. The van der Waals surface area contributed by atoms with E-state index in [1.54, 1.807) is 0 Å². The van der Waals surface area contributed by atoms with E-state index in [-0.39, 0.29) is 0 Å². The van der Waals surface area contributed by atoms with Crippen LogP contribution in [-0.4, -0.2) is 11.2 Å². The van der Waals surface area contributed by atoms with Gasteiger partial charge in [-0.1, -0.05) is 35.9 Å². The summed E-state index contributed by atoms with van der Waals surface area (Å²) >= 11 is 5.42. The first-order chi connectivity index (χ1) is 13.0. The van der Waals surface area contributed by atoms with E-state index in [1.165, 1.54) is 11.3 Å². The summed E-state index contributed by atoms with van der Waals surface area (Å²) in [6, 6.07) is 27.3. The third-order valence-corrected chi connectivity index (χ3v) is 4.47. The number of nitrogens with zero attached hydrogens (tertiary/aromatic N) is 1. The molecule has 4 heteroatoms. The smallest absolute Gasteiger partial charge is 0.175 e. The molecule has 3 rings (SSSR count). The Labute approximate surface area is 167 Å². The number of hydrogen-bond acceptors (Lipinski definition) is 2. The molecule has 0 radical (unpaired) electrons. The van der Waals surface area contributed by atoms with E-state index in [2.05, 4.69) is 97.0 Å². The summed E-state index contributed by atoms with van der Waals surface area (Å²) in [7, 11) is 0. The van der Waals surface area contributed by atoms with Crippen molar-refractivity contribution in [2.75, 3.05) is 15.5 Å². The number of benzene rings is 3. The molecule has 0 spiro atoms. The molecule has 0 atom stereocenters. The van der Waals surface area contributed by atoms with Crippen LogP contribution in [0.3, 0.4) is 0 Å². The maximum atomic E-state index is 5.42. The minimum atomic E-state index is 0.357. The Morgan fingerprint density at radius 1 is 0.741 bits per heavy atom. The van der Waals surface area contributed by atoms with Crippen molar-refractivity contribution < 1.29 is 0 Å². The van der Waals surface area contributed by atoms with Gasteiger partial charge in [0.1, 0.15) is 0 Å². The van der Waals surface area contributed by atoms with Crippen molar-refractivity contribution in [3.05, 3.63) is 84.4 Å². The molecule has 3 aromatic carbocycles. The average molecular weight is 376 g/mol. The van der Waals surface area contributed by atoms with E-state index < -0.39 is 0 Å². The molecule has 0 fully saturated rings. The van der Waals surface area contributed by atoms with E-state index in [0.29, 0.717) is 11.2 Å². The summed E-state index contributed by atoms with van der Waals surface area (Å²) in [6.07, 6.45) is 0. The van der Waals surface area contributed by atoms with Crippen molar-refractivity contribution in [1.29, 1.82) is 0 Å². The highest BCUT2D eigenvalue weighted by molar-refractivity contribution is 7.80. The van der Waals surface area contributed by atoms with Crippen molar-refractivity contribution in [2.45, 2.75) is 26.8 Å². The molecular weight excluding hydrogens is 350 g/mol. The van der Waals surface area contributed by atoms with Crippen LogP contribution in [0.4, 0.5) is 22.7 Å². The molecule has 0 aliphatic rings. The van der Waals surface area contributed by atoms with Gasteiger partial charge in [-0.25, -0.2) is 0 Å². The fraction of sp³-hybridized carbons (Fsp3) is 0.174. The Kier molecular flexibility index (Phi) is 6.09. The van der Waals surface area contributed by atoms with E-state index >= 15 is 0 Å². The number of hydrogen-bond donors (Lipinski definition) is 2. The lowest BCUT2D eigenvalue weighted by Crippen LogP contribution is -2.25. The third-order valence-electron chi connectivity index (χ3n) is 4.26. The van der Waals surface area contributed by atoms with Crippen molar-refractivity contribution >= 4 is 40.1 Å². The highest BCUT2D eigenvalue weighted by Gasteiger charge is 2.12. The van der Waals surface area contributed by atoms with E-state index in [1.807, 2.05) is 18.2 Å². The van der Waals surface area contributed by atoms with Crippen molar-refractivity contribution in [3.8, 4) is 0 Å². The fourth-order valence-electron chi connectivity index (χ4n) is 2.97. The van der Waals surface area contributed by atoms with Gasteiger partial charge >= 0.3 is 0 Å². The highest BCUT2D eigenvalue weighted by Crippen LogP contribution is 2.28. The number of rotatable bonds is 5. The largest absolute Gasteiger partial charge is 0.339 e. The van der Waals surface area contributed by atoms with Gasteiger partial charge in [0.2, 0.25) is 0 Å². The van der Waals surface area contributed by atoms with Gasteiger partial charge in [-0.15, -0.1) is 0 Å². The molecule has 3 aromatic rings. The van der Waals surface area contributed by atoms with Crippen LogP contribution < -0.4 is 15.5 Å². The topological polar surface area (TPSA) is 27.3 Å². The Morgan fingerprint density at radius 3 is 1.74 bits per heavy atom. The zero-order valence-corrected chi connectivity index (χ0v) is 16.8. The summed E-state index contributed by atoms with van der Waals surface area (Å²) in [5, 5.41) is 7.03. The van der Waals surface area contributed by atoms with Crippen molar-refractivity contribution in [3.63, 3.8) is 0 Å². The molecule has 0 aliphatic heterocycles. The van der Waals surface area contributed by atoms with Gasteiger partial charge in [0.05, 0.1) is 0 Å². The first-order valence-electron chi connectivity index (χ1n) is 9.12. The van der Waals surface area contributed by atoms with Crippen LogP contribution in [0.15, 0.2) is 78.9 Å². The molecule has 0 amide bonds. The summed E-state index contributed by atoms with van der Waals surface area (Å²) in [5.41, 5.74) is 5.50. The molecular formula is C23H25N3S. The summed E-state index contributed by atoms with van der Waals surface area (Å²) in [4.78, 5) is 2.31. The van der Waals surface area contributed by atoms with Gasteiger partial charge in [-0.05, 0) is 81.5 Å². The molecule has 0 unspecified atom stereocenters. The molecule has 2 N–H and O–H groups in total. The zero-order chi connectivity index (χ0) is 19.2. The molecule has 3 nitrogen and oxygen atoms in total. The molecule has 0 saturated heterocycles. The molecule has 0 bridgehead atoms. The summed E-state index contributed by atoms with van der Waals surface area (Å²) in [5.74, 6) is 0. The Morgan fingerprint density at radius 2 is 1.22 bits per heavy atom. The van der Waals surface area contributed by atoms with Crippen LogP contribution in [-0.2, 0) is 0 Å². The van der Waals surface area contributed by atoms with Crippen LogP contribution in [0, 0.1) is 6.92 Å². The minimum absolute atomic E-state index is 0.357. The second-order valence-corrected chi connectivity index (χ2v) is 7.20. The third kappa shape index (κ3) is 5.08. The van der Waals surface area contributed by atoms with Gasteiger partial charge in [-0.2, -0.15) is 0 Å². The standard InChI is InChI=1S/C23H25N3S/c1-17(2)26(21-7-5-4-6-8-21)22-15-13-20(14-16-22)25-23(27)24-19-11-9-18(3)10-12-19/h4-17H,1-3H3,(H2,24,25,27). The van der Waals surface area contributed by atoms with Gasteiger partial charge in [0.25, 0.3) is 0 Å². The highest BCUT2D eigenvalue weighted by atomic mass is 32.1. The molecule has 0 heterocycles. The number of para-hydroxylation sites is 1. The second-order valence-electron chi connectivity index (χ2n) is 6.79. The molecule has 27 heavy (non-hydrogen) atoms. The number of nitrogens with one attached hydrogen (secondary N) is 2. The summed E-state index contributed by atoms with van der Waals surface area (Å²) < 4.78 is 0. The molecule has 0 aliphatic carbocycles. The van der Waals surface area contributed by atoms with Gasteiger partial charge < -0.3 is 15.5 Å². The number of thiocarbonyl (C=S) groups is 1.